The Morgan fingerprint density at radius 3 is 1.59 bits per heavy atom. The topological polar surface area (TPSA) is 96.2 Å². The number of hydrogen-bond acceptors (Lipinski definition) is 5. The van der Waals surface area contributed by atoms with Gasteiger partial charge in [-0.2, -0.15) is 0 Å². The van der Waals surface area contributed by atoms with Crippen molar-refractivity contribution in [1.82, 2.24) is 0 Å². The minimum Gasteiger partial charge on any atom is -0.400 e. The summed E-state index contributed by atoms with van der Waals surface area (Å²) in [7, 11) is 2.45. The normalized spacial score (nSPS) is 14.9. The van der Waals surface area contributed by atoms with Gasteiger partial charge in [-0.05, 0) is 24.3 Å². The zero-order chi connectivity index (χ0) is 20.3. The number of para-hydroxylation sites is 1. The number of aliphatic hydroxyl groups is 1. The molecule has 0 atom stereocenters. The van der Waals surface area contributed by atoms with E-state index >= 15 is 0 Å². The van der Waals surface area contributed by atoms with Crippen molar-refractivity contribution >= 4 is 29.3 Å². The first-order valence-corrected chi connectivity index (χ1v) is 8.00. The number of nitrogens with one attached hydrogen (secondary N) is 1. The van der Waals surface area contributed by atoms with Gasteiger partial charge in [0.25, 0.3) is 11.8 Å². The Bertz CT molecular complexity index is 882. The van der Waals surface area contributed by atoms with Crippen LogP contribution in [-0.4, -0.2) is 42.9 Å². The molecule has 0 radical (unpaired) electrons. The second-order valence-electron chi connectivity index (χ2n) is 5.51. The first kappa shape index (κ1) is 19.9. The van der Waals surface area contributed by atoms with Gasteiger partial charge in [0, 0.05) is 7.11 Å². The van der Waals surface area contributed by atoms with E-state index in [4.69, 9.17) is 5.11 Å². The van der Waals surface area contributed by atoms with Crippen LogP contribution in [0.15, 0.2) is 55.6 Å². The van der Waals surface area contributed by atoms with Gasteiger partial charge in [0.05, 0.1) is 35.0 Å². The Hall–Kier alpha value is -3.42. The average Bonchev–Trinajstić information content (AvgIpc) is 3.10. The van der Waals surface area contributed by atoms with Crippen molar-refractivity contribution in [3.8, 4) is 0 Å². The Morgan fingerprint density at radius 1 is 0.778 bits per heavy atom. The fraction of sp³-hybridized carbons (Fsp3) is 0.100. The number of rotatable bonds is 1. The molecule has 0 saturated carbocycles. The van der Waals surface area contributed by atoms with Crippen LogP contribution >= 0.6 is 0 Å². The van der Waals surface area contributed by atoms with Crippen LogP contribution < -0.4 is 9.80 Å². The van der Waals surface area contributed by atoms with Gasteiger partial charge in [-0.1, -0.05) is 18.2 Å². The van der Waals surface area contributed by atoms with E-state index in [1.807, 2.05) is 0 Å². The maximum absolute atomic E-state index is 12.6. The molecule has 0 unspecified atom stereocenters. The third-order valence-corrected chi connectivity index (χ3v) is 4.21. The van der Waals surface area contributed by atoms with Gasteiger partial charge in [0.2, 0.25) is 0 Å². The number of quaternary nitrogens is 1. The summed E-state index contributed by atoms with van der Waals surface area (Å²) >= 11 is 0. The van der Waals surface area contributed by atoms with Crippen LogP contribution in [0.1, 0.15) is 41.4 Å². The lowest BCUT2D eigenvalue weighted by Crippen LogP contribution is -3.12. The smallest absolute Gasteiger partial charge is 0.352 e. The highest BCUT2D eigenvalue weighted by Gasteiger charge is 2.44. The van der Waals surface area contributed by atoms with Crippen LogP contribution in [0.4, 0.5) is 5.69 Å². The minimum atomic E-state index is -0.483. The number of hydrogen-bond donors (Lipinski definition) is 2. The van der Waals surface area contributed by atoms with E-state index in [0.29, 0.717) is 5.69 Å². The highest BCUT2D eigenvalue weighted by Crippen LogP contribution is 2.31. The van der Waals surface area contributed by atoms with E-state index in [-0.39, 0.29) is 39.0 Å². The monoisotopic (exact) mass is 367 g/mol. The van der Waals surface area contributed by atoms with Crippen molar-refractivity contribution in [2.75, 3.05) is 19.1 Å². The molecule has 138 valence electrons. The van der Waals surface area contributed by atoms with E-state index in [9.17, 15) is 19.2 Å². The van der Waals surface area contributed by atoms with E-state index in [1.165, 1.54) is 19.2 Å². The minimum absolute atomic E-state index is 0.114. The number of benzene rings is 2. The maximum Gasteiger partial charge on any atom is 0.352 e. The number of carbonyl (C=O) groups is 4. The second kappa shape index (κ2) is 7.86. The van der Waals surface area contributed by atoms with Gasteiger partial charge in [-0.15, -0.1) is 13.2 Å². The molecule has 2 aliphatic heterocycles. The summed E-state index contributed by atoms with van der Waals surface area (Å²) in [5.74, 6) is -1.73. The number of aliphatic hydroxyl groups excluding tert-OH is 1. The lowest BCUT2D eigenvalue weighted by molar-refractivity contribution is -0.694. The summed E-state index contributed by atoms with van der Waals surface area (Å²) in [6.07, 6.45) is 0. The predicted octanol–water partition coefficient (Wildman–Crippen LogP) is 0.707. The Balaban J connectivity index is 0.000000614. The van der Waals surface area contributed by atoms with Crippen molar-refractivity contribution in [2.24, 2.45) is 0 Å². The third kappa shape index (κ3) is 2.99. The standard InChI is InChI=1S/C17H10N2O4.C2H4.CH4O/c1-18-14(20)10-7-12-13(8-11(10)15(18)21)17(23)19(16(12)22)9-5-3-2-4-6-9;2*1-2/h2-8H,1H3;1-2H2;2H,1H3/p+1. The van der Waals surface area contributed by atoms with Crippen molar-refractivity contribution in [3.05, 3.63) is 77.9 Å². The van der Waals surface area contributed by atoms with Crippen molar-refractivity contribution < 1.29 is 29.2 Å². The summed E-state index contributed by atoms with van der Waals surface area (Å²) in [6.45, 7) is 6.00. The van der Waals surface area contributed by atoms with E-state index < -0.39 is 11.8 Å². The number of imide groups is 2. The highest BCUT2D eigenvalue weighted by molar-refractivity contribution is 6.35. The molecule has 2 aromatic carbocycles. The first-order chi connectivity index (χ1) is 13.0. The van der Waals surface area contributed by atoms with Crippen LogP contribution in [0.2, 0.25) is 0 Å². The molecule has 0 spiro atoms. The molecular formula is C20H19N2O5+. The van der Waals surface area contributed by atoms with Gasteiger partial charge in [-0.3, -0.25) is 9.59 Å². The van der Waals surface area contributed by atoms with E-state index in [1.54, 1.807) is 30.3 Å². The first-order valence-electron chi connectivity index (χ1n) is 8.00. The molecule has 2 heterocycles. The number of carbonyl (C=O) groups excluding carboxylic acids is 4. The predicted molar refractivity (Wildman–Crippen MR) is 99.0 cm³/mol. The van der Waals surface area contributed by atoms with Crippen LogP contribution in [0, 0.1) is 0 Å². The molecule has 2 aliphatic rings. The Kier molecular flexibility index (Phi) is 5.79. The van der Waals surface area contributed by atoms with E-state index in [0.717, 1.165) is 12.0 Å². The van der Waals surface area contributed by atoms with Gasteiger partial charge in [-0.25, -0.2) is 19.4 Å². The fourth-order valence-corrected chi connectivity index (χ4v) is 2.98. The quantitative estimate of drug-likeness (QED) is 0.572. The van der Waals surface area contributed by atoms with E-state index in [2.05, 4.69) is 13.2 Å². The number of nitrogens with zero attached hydrogens (tertiary/aromatic N) is 1. The SMILES string of the molecule is C=C.CO.C[NH+]1C(=O)c2cc3c(cc2C1=O)C(=O)N(c1ccccc1)C3=O. The molecule has 0 bridgehead atoms. The summed E-state index contributed by atoms with van der Waals surface area (Å²) in [6, 6.07) is 11.3. The lowest BCUT2D eigenvalue weighted by atomic mass is 10.0. The number of anilines is 1. The van der Waals surface area contributed by atoms with Crippen LogP contribution in [0.3, 0.4) is 0 Å². The lowest BCUT2D eigenvalue weighted by Gasteiger charge is -2.13. The second-order valence-corrected chi connectivity index (χ2v) is 5.51. The van der Waals surface area contributed by atoms with Crippen LogP contribution in [-0.2, 0) is 0 Å². The maximum atomic E-state index is 12.6. The highest BCUT2D eigenvalue weighted by atomic mass is 16.2. The molecule has 7 heteroatoms. The number of amides is 4. The molecule has 0 saturated heterocycles. The van der Waals surface area contributed by atoms with Crippen LogP contribution in [0.5, 0.6) is 0 Å². The largest absolute Gasteiger partial charge is 0.400 e. The molecule has 7 nitrogen and oxygen atoms in total. The Morgan fingerprint density at radius 2 is 1.19 bits per heavy atom. The van der Waals surface area contributed by atoms with Gasteiger partial charge in [0.15, 0.2) is 0 Å². The van der Waals surface area contributed by atoms with Gasteiger partial charge >= 0.3 is 11.8 Å². The van der Waals surface area contributed by atoms with Gasteiger partial charge < -0.3 is 5.11 Å². The average molecular weight is 367 g/mol. The zero-order valence-electron chi connectivity index (χ0n) is 15.0. The summed E-state index contributed by atoms with van der Waals surface area (Å²) in [5.41, 5.74) is 1.17. The molecular weight excluding hydrogens is 348 g/mol. The fourth-order valence-electron chi connectivity index (χ4n) is 2.98. The molecule has 0 fully saturated rings. The molecule has 2 aromatic rings. The Labute approximate surface area is 156 Å². The van der Waals surface area contributed by atoms with Crippen molar-refractivity contribution in [2.45, 2.75) is 0 Å². The third-order valence-electron chi connectivity index (χ3n) is 4.21. The molecule has 4 amide bonds. The molecule has 27 heavy (non-hydrogen) atoms. The summed E-state index contributed by atoms with van der Waals surface area (Å²) < 4.78 is 0. The number of fused-ring (bicyclic) bond motifs is 2. The summed E-state index contributed by atoms with van der Waals surface area (Å²) in [4.78, 5) is 50.5. The molecule has 2 N–H and O–H groups in total. The van der Waals surface area contributed by atoms with Crippen molar-refractivity contribution in [3.63, 3.8) is 0 Å². The zero-order valence-corrected chi connectivity index (χ0v) is 15.0. The van der Waals surface area contributed by atoms with Crippen LogP contribution in [0.25, 0.3) is 0 Å². The molecule has 4 rings (SSSR count). The van der Waals surface area contributed by atoms with Crippen molar-refractivity contribution in [1.29, 1.82) is 0 Å². The molecule has 0 aromatic heterocycles. The molecule has 0 aliphatic carbocycles. The van der Waals surface area contributed by atoms with Gasteiger partial charge in [0.1, 0.15) is 0 Å². The summed E-state index contributed by atoms with van der Waals surface area (Å²) in [5, 5.41) is 7.00.